The fraction of sp³-hybridized carbons (Fsp3) is 0. The molecule has 116 valence electrons. The lowest BCUT2D eigenvalue weighted by atomic mass is 10.2. The van der Waals surface area contributed by atoms with Crippen molar-refractivity contribution in [1.29, 1.82) is 0 Å². The van der Waals surface area contributed by atoms with Crippen molar-refractivity contribution in [3.05, 3.63) is 59.8 Å². The first-order valence-corrected chi connectivity index (χ1v) is 7.25. The third-order valence-electron chi connectivity index (χ3n) is 3.12. The molecule has 0 unspecified atom stereocenters. The van der Waals surface area contributed by atoms with Crippen LogP contribution in [0.1, 0.15) is 0 Å². The maximum Gasteiger partial charge on any atom is 0.211 e. The summed E-state index contributed by atoms with van der Waals surface area (Å²) in [5.74, 6) is 0.723. The summed E-state index contributed by atoms with van der Waals surface area (Å²) in [4.78, 5) is 10.4. The average molecular weight is 328 g/mol. The number of nitrogens with one attached hydrogen (secondary N) is 4. The molecule has 0 aliphatic heterocycles. The normalized spacial score (nSPS) is 10.1. The molecule has 0 radical (unpaired) electrons. The van der Waals surface area contributed by atoms with Crippen molar-refractivity contribution in [3.63, 3.8) is 0 Å². The topological polar surface area (TPSA) is 81.8 Å². The number of halogens is 1. The van der Waals surface area contributed by atoms with Crippen molar-refractivity contribution < 1.29 is 4.79 Å². The lowest BCUT2D eigenvalue weighted by Gasteiger charge is -2.09. The van der Waals surface area contributed by atoms with Crippen LogP contribution in [0.4, 0.5) is 28.6 Å². The Morgan fingerprint density at radius 2 is 1.78 bits per heavy atom. The van der Waals surface area contributed by atoms with E-state index in [1.807, 2.05) is 36.4 Å². The summed E-state index contributed by atoms with van der Waals surface area (Å²) in [6.07, 6.45) is 2.33. The highest BCUT2D eigenvalue weighted by atomic mass is 35.5. The number of rotatable bonds is 6. The Balaban J connectivity index is 1.74. The number of amides is 1. The van der Waals surface area contributed by atoms with Crippen molar-refractivity contribution in [2.24, 2.45) is 0 Å². The molecule has 3 rings (SSSR count). The van der Waals surface area contributed by atoms with E-state index < -0.39 is 0 Å². The van der Waals surface area contributed by atoms with E-state index in [1.54, 1.807) is 18.3 Å². The molecule has 2 aromatic carbocycles. The van der Waals surface area contributed by atoms with Gasteiger partial charge in [-0.2, -0.15) is 5.10 Å². The Hall–Kier alpha value is -2.99. The van der Waals surface area contributed by atoms with E-state index in [1.165, 1.54) is 0 Å². The number of benzene rings is 2. The third kappa shape index (κ3) is 3.81. The molecule has 4 N–H and O–H groups in total. The van der Waals surface area contributed by atoms with Gasteiger partial charge in [0.2, 0.25) is 6.41 Å². The average Bonchev–Trinajstić information content (AvgIpc) is 2.96. The molecule has 0 aliphatic rings. The second kappa shape index (κ2) is 6.85. The van der Waals surface area contributed by atoms with E-state index >= 15 is 0 Å². The number of carbonyl (C=O) groups excluding carboxylic acids is 1. The van der Waals surface area contributed by atoms with Gasteiger partial charge < -0.3 is 16.0 Å². The molecule has 1 heterocycles. The Morgan fingerprint density at radius 1 is 1.00 bits per heavy atom. The highest BCUT2D eigenvalue weighted by molar-refractivity contribution is 6.30. The van der Waals surface area contributed by atoms with E-state index in [9.17, 15) is 4.79 Å². The minimum absolute atomic E-state index is 0.643. The van der Waals surface area contributed by atoms with Crippen LogP contribution in [-0.4, -0.2) is 16.6 Å². The van der Waals surface area contributed by atoms with Gasteiger partial charge in [-0.05, 0) is 42.5 Å². The Labute approximate surface area is 137 Å². The van der Waals surface area contributed by atoms with Gasteiger partial charge in [-0.1, -0.05) is 17.7 Å². The maximum absolute atomic E-state index is 10.4. The summed E-state index contributed by atoms with van der Waals surface area (Å²) < 4.78 is 0. The minimum Gasteiger partial charge on any atom is -0.351 e. The number of hydrogen-bond acceptors (Lipinski definition) is 4. The summed E-state index contributed by atoms with van der Waals surface area (Å²) >= 11 is 5.99. The number of H-pyrrole nitrogens is 1. The van der Waals surface area contributed by atoms with Crippen molar-refractivity contribution in [1.82, 2.24) is 10.2 Å². The first-order chi connectivity index (χ1) is 11.2. The van der Waals surface area contributed by atoms with E-state index in [2.05, 4.69) is 26.1 Å². The van der Waals surface area contributed by atoms with Crippen molar-refractivity contribution in [3.8, 4) is 0 Å². The van der Waals surface area contributed by atoms with Crippen molar-refractivity contribution in [2.45, 2.75) is 0 Å². The van der Waals surface area contributed by atoms with Gasteiger partial charge in [0, 0.05) is 22.1 Å². The van der Waals surface area contributed by atoms with Crippen molar-refractivity contribution >= 4 is 46.6 Å². The summed E-state index contributed by atoms with van der Waals surface area (Å²) in [6.45, 7) is 0. The quantitative estimate of drug-likeness (QED) is 0.513. The van der Waals surface area contributed by atoms with Gasteiger partial charge in [-0.3, -0.25) is 9.89 Å². The van der Waals surface area contributed by atoms with Gasteiger partial charge in [-0.15, -0.1) is 0 Å². The number of aromatic nitrogens is 2. The molecule has 0 atom stereocenters. The highest BCUT2D eigenvalue weighted by Gasteiger charge is 2.06. The summed E-state index contributed by atoms with van der Waals surface area (Å²) in [5, 5.41) is 16.7. The van der Waals surface area contributed by atoms with Gasteiger partial charge in [0.05, 0.1) is 6.20 Å². The molecule has 0 aliphatic carbocycles. The van der Waals surface area contributed by atoms with Crippen LogP contribution in [0.5, 0.6) is 0 Å². The van der Waals surface area contributed by atoms with E-state index in [-0.39, 0.29) is 0 Å². The standard InChI is InChI=1S/C16H14ClN5O/c17-11-2-1-3-14(8-11)20-15-9-19-22-16(15)21-13-6-4-12(5-7-13)18-10-23/h1-10,20H,(H,18,23)(H2,19,21,22). The predicted octanol–water partition coefficient (Wildman–Crippen LogP) is 4.12. The van der Waals surface area contributed by atoms with Crippen LogP contribution in [0.15, 0.2) is 54.7 Å². The fourth-order valence-corrected chi connectivity index (χ4v) is 2.25. The zero-order valence-electron chi connectivity index (χ0n) is 12.0. The zero-order valence-corrected chi connectivity index (χ0v) is 12.8. The predicted molar refractivity (Wildman–Crippen MR) is 92.7 cm³/mol. The molecule has 0 fully saturated rings. The van der Waals surface area contributed by atoms with Gasteiger partial charge in [0.25, 0.3) is 0 Å². The monoisotopic (exact) mass is 327 g/mol. The smallest absolute Gasteiger partial charge is 0.211 e. The maximum atomic E-state index is 10.4. The second-order valence-corrected chi connectivity index (χ2v) is 5.19. The zero-order chi connectivity index (χ0) is 16.1. The molecule has 6 nitrogen and oxygen atoms in total. The lowest BCUT2D eigenvalue weighted by molar-refractivity contribution is -0.105. The first kappa shape index (κ1) is 14.9. The summed E-state index contributed by atoms with van der Waals surface area (Å²) in [7, 11) is 0. The SMILES string of the molecule is O=CNc1ccc(Nc2[nH]ncc2Nc2cccc(Cl)c2)cc1. The number of aromatic amines is 1. The number of nitrogens with zero attached hydrogens (tertiary/aromatic N) is 1. The molecule has 0 bridgehead atoms. The Kier molecular flexibility index (Phi) is 4.44. The number of carbonyl (C=O) groups is 1. The minimum atomic E-state index is 0.643. The molecule has 0 saturated heterocycles. The number of anilines is 5. The van der Waals surface area contributed by atoms with Gasteiger partial charge in [-0.25, -0.2) is 0 Å². The van der Waals surface area contributed by atoms with Crippen LogP contribution in [0.3, 0.4) is 0 Å². The largest absolute Gasteiger partial charge is 0.351 e. The summed E-state index contributed by atoms with van der Waals surface area (Å²) in [5.41, 5.74) is 3.25. The van der Waals surface area contributed by atoms with Crippen LogP contribution >= 0.6 is 11.6 Å². The summed E-state index contributed by atoms with van der Waals surface area (Å²) in [6, 6.07) is 14.8. The van der Waals surface area contributed by atoms with Crippen molar-refractivity contribution in [2.75, 3.05) is 16.0 Å². The second-order valence-electron chi connectivity index (χ2n) is 4.76. The molecule has 1 aromatic heterocycles. The molecule has 0 saturated carbocycles. The fourth-order valence-electron chi connectivity index (χ4n) is 2.06. The van der Waals surface area contributed by atoms with Crippen LogP contribution in [0, 0.1) is 0 Å². The molecule has 0 spiro atoms. The van der Waals surface area contributed by atoms with Gasteiger partial charge in [0.1, 0.15) is 11.5 Å². The molecule has 1 amide bonds. The van der Waals surface area contributed by atoms with Crippen LogP contribution in [-0.2, 0) is 4.79 Å². The van der Waals surface area contributed by atoms with Gasteiger partial charge in [0.15, 0.2) is 0 Å². The molecule has 7 heteroatoms. The highest BCUT2D eigenvalue weighted by Crippen LogP contribution is 2.27. The van der Waals surface area contributed by atoms with Gasteiger partial charge >= 0.3 is 0 Å². The molecule has 3 aromatic rings. The third-order valence-corrected chi connectivity index (χ3v) is 3.36. The van der Waals surface area contributed by atoms with Crippen LogP contribution < -0.4 is 16.0 Å². The van der Waals surface area contributed by atoms with E-state index in [4.69, 9.17) is 11.6 Å². The Morgan fingerprint density at radius 3 is 2.52 bits per heavy atom. The van der Waals surface area contributed by atoms with E-state index in [0.29, 0.717) is 11.4 Å². The molecule has 23 heavy (non-hydrogen) atoms. The lowest BCUT2D eigenvalue weighted by Crippen LogP contribution is -1.97. The molecular weight excluding hydrogens is 314 g/mol. The molecular formula is C16H14ClN5O. The first-order valence-electron chi connectivity index (χ1n) is 6.88. The van der Waals surface area contributed by atoms with Crippen LogP contribution in [0.25, 0.3) is 0 Å². The van der Waals surface area contributed by atoms with E-state index in [0.717, 1.165) is 28.6 Å². The van der Waals surface area contributed by atoms with Crippen LogP contribution in [0.2, 0.25) is 5.02 Å². The number of hydrogen-bond donors (Lipinski definition) is 4. The Bertz CT molecular complexity index is 800.